The molecule has 0 amide bonds. The molecule has 0 aliphatic heterocycles. The molecular formula is C14H22IN3O. The third kappa shape index (κ3) is 7.71. The average molecular weight is 375 g/mol. The second-order valence-corrected chi connectivity index (χ2v) is 4.19. The van der Waals surface area contributed by atoms with E-state index in [0.717, 1.165) is 24.3 Å². The third-order valence-corrected chi connectivity index (χ3v) is 2.37. The Labute approximate surface area is 132 Å². The largest absolute Gasteiger partial charge is 0.497 e. The molecule has 0 saturated heterocycles. The number of hydrogen-bond donors (Lipinski definition) is 2. The van der Waals surface area contributed by atoms with Gasteiger partial charge < -0.3 is 15.8 Å². The molecule has 0 fully saturated rings. The van der Waals surface area contributed by atoms with Crippen molar-refractivity contribution in [3.05, 3.63) is 42.0 Å². The number of nitrogens with zero attached hydrogens (tertiary/aromatic N) is 1. The van der Waals surface area contributed by atoms with Crippen LogP contribution in [0.1, 0.15) is 12.5 Å². The number of nitrogens with one attached hydrogen (secondary N) is 1. The molecule has 0 aromatic heterocycles. The number of nitrogens with two attached hydrogens (primary N) is 1. The first kappa shape index (κ1) is 17.8. The van der Waals surface area contributed by atoms with Crippen molar-refractivity contribution >= 4 is 29.9 Å². The zero-order chi connectivity index (χ0) is 13.4. The number of methoxy groups -OCH3 is 1. The number of aliphatic imine (C=N–C) groups is 1. The molecule has 0 unspecified atom stereocenters. The molecular weight excluding hydrogens is 353 g/mol. The molecule has 1 rings (SSSR count). The van der Waals surface area contributed by atoms with Crippen LogP contribution in [0.3, 0.4) is 0 Å². The van der Waals surface area contributed by atoms with Crippen LogP contribution in [0, 0.1) is 0 Å². The maximum Gasteiger partial charge on any atom is 0.188 e. The first-order valence-corrected chi connectivity index (χ1v) is 5.93. The molecule has 0 saturated carbocycles. The van der Waals surface area contributed by atoms with Gasteiger partial charge in [0, 0.05) is 6.54 Å². The Hall–Kier alpha value is -1.24. The number of guanidine groups is 1. The SMILES string of the molecule is C=C(C)CN=C(N)NCCc1cccc(OC)c1.I. The van der Waals surface area contributed by atoms with Gasteiger partial charge in [0.05, 0.1) is 13.7 Å². The number of benzene rings is 1. The third-order valence-electron chi connectivity index (χ3n) is 2.37. The molecule has 0 aliphatic carbocycles. The topological polar surface area (TPSA) is 59.6 Å². The van der Waals surface area contributed by atoms with Crippen molar-refractivity contribution in [1.29, 1.82) is 0 Å². The average Bonchev–Trinajstić information content (AvgIpc) is 2.36. The summed E-state index contributed by atoms with van der Waals surface area (Å²) in [7, 11) is 1.67. The predicted octanol–water partition coefficient (Wildman–Crippen LogP) is 2.34. The standard InChI is InChI=1S/C14H21N3O.HI/c1-11(2)10-17-14(15)16-8-7-12-5-4-6-13(9-12)18-3;/h4-6,9H,1,7-8,10H2,2-3H3,(H3,15,16,17);1H. The minimum Gasteiger partial charge on any atom is -0.497 e. The second kappa shape index (κ2) is 9.66. The molecule has 19 heavy (non-hydrogen) atoms. The van der Waals surface area contributed by atoms with E-state index in [2.05, 4.69) is 23.0 Å². The lowest BCUT2D eigenvalue weighted by Gasteiger charge is -2.07. The summed E-state index contributed by atoms with van der Waals surface area (Å²) in [5.74, 6) is 1.33. The highest BCUT2D eigenvalue weighted by atomic mass is 127. The predicted molar refractivity (Wildman–Crippen MR) is 91.4 cm³/mol. The lowest BCUT2D eigenvalue weighted by molar-refractivity contribution is 0.414. The molecule has 0 aliphatic rings. The van der Waals surface area contributed by atoms with Crippen molar-refractivity contribution < 1.29 is 4.74 Å². The minimum atomic E-state index is 0. The quantitative estimate of drug-likeness (QED) is 0.347. The number of ether oxygens (including phenoxy) is 1. The van der Waals surface area contributed by atoms with Gasteiger partial charge in [-0.3, -0.25) is 0 Å². The van der Waals surface area contributed by atoms with Crippen LogP contribution in [-0.4, -0.2) is 26.2 Å². The number of hydrogen-bond acceptors (Lipinski definition) is 2. The van der Waals surface area contributed by atoms with Crippen LogP contribution in [0.2, 0.25) is 0 Å². The van der Waals surface area contributed by atoms with Gasteiger partial charge >= 0.3 is 0 Å². The molecule has 106 valence electrons. The molecule has 0 atom stereocenters. The first-order chi connectivity index (χ1) is 8.61. The zero-order valence-corrected chi connectivity index (χ0v) is 13.8. The van der Waals surface area contributed by atoms with Crippen molar-refractivity contribution in [1.82, 2.24) is 5.32 Å². The summed E-state index contributed by atoms with van der Waals surface area (Å²) in [5.41, 5.74) is 7.91. The van der Waals surface area contributed by atoms with Crippen LogP contribution in [0.15, 0.2) is 41.4 Å². The van der Waals surface area contributed by atoms with E-state index in [0.29, 0.717) is 12.5 Å². The Morgan fingerprint density at radius 2 is 2.21 bits per heavy atom. The van der Waals surface area contributed by atoms with Gasteiger partial charge in [-0.1, -0.05) is 24.3 Å². The van der Waals surface area contributed by atoms with Crippen LogP contribution in [0.5, 0.6) is 5.75 Å². The van der Waals surface area contributed by atoms with Crippen LogP contribution < -0.4 is 15.8 Å². The van der Waals surface area contributed by atoms with Crippen molar-refractivity contribution in [3.63, 3.8) is 0 Å². The molecule has 3 N–H and O–H groups in total. The van der Waals surface area contributed by atoms with E-state index >= 15 is 0 Å². The monoisotopic (exact) mass is 375 g/mol. The van der Waals surface area contributed by atoms with Gasteiger partial charge in [0.25, 0.3) is 0 Å². The summed E-state index contributed by atoms with van der Waals surface area (Å²) in [6.07, 6.45) is 0.875. The molecule has 4 nitrogen and oxygen atoms in total. The lowest BCUT2D eigenvalue weighted by Crippen LogP contribution is -2.33. The lowest BCUT2D eigenvalue weighted by atomic mass is 10.1. The molecule has 0 radical (unpaired) electrons. The molecule has 0 heterocycles. The Morgan fingerprint density at radius 3 is 2.84 bits per heavy atom. The van der Waals surface area contributed by atoms with E-state index in [1.165, 1.54) is 5.56 Å². The van der Waals surface area contributed by atoms with Crippen LogP contribution in [-0.2, 0) is 6.42 Å². The molecule has 0 spiro atoms. The highest BCUT2D eigenvalue weighted by Gasteiger charge is 1.96. The van der Waals surface area contributed by atoms with E-state index < -0.39 is 0 Å². The van der Waals surface area contributed by atoms with Gasteiger partial charge in [-0.15, -0.1) is 24.0 Å². The Balaban J connectivity index is 0.00000324. The number of halogens is 1. The summed E-state index contributed by atoms with van der Waals surface area (Å²) in [6.45, 7) is 7.01. The fourth-order valence-electron chi connectivity index (χ4n) is 1.44. The molecule has 0 bridgehead atoms. The van der Waals surface area contributed by atoms with E-state index in [1.54, 1.807) is 7.11 Å². The maximum absolute atomic E-state index is 5.72. The fraction of sp³-hybridized carbons (Fsp3) is 0.357. The van der Waals surface area contributed by atoms with Crippen LogP contribution in [0.25, 0.3) is 0 Å². The Kier molecular flexibility index (Phi) is 9.03. The van der Waals surface area contributed by atoms with Gasteiger partial charge in [-0.2, -0.15) is 0 Å². The van der Waals surface area contributed by atoms with E-state index in [9.17, 15) is 0 Å². The second-order valence-electron chi connectivity index (χ2n) is 4.19. The van der Waals surface area contributed by atoms with Gasteiger partial charge in [0.2, 0.25) is 0 Å². The smallest absolute Gasteiger partial charge is 0.188 e. The fourth-order valence-corrected chi connectivity index (χ4v) is 1.44. The van der Waals surface area contributed by atoms with E-state index in [1.807, 2.05) is 25.1 Å². The van der Waals surface area contributed by atoms with Crippen molar-refractivity contribution in [2.24, 2.45) is 10.7 Å². The summed E-state index contributed by atoms with van der Waals surface area (Å²) in [4.78, 5) is 4.15. The summed E-state index contributed by atoms with van der Waals surface area (Å²) < 4.78 is 5.17. The highest BCUT2D eigenvalue weighted by molar-refractivity contribution is 14.0. The van der Waals surface area contributed by atoms with Gasteiger partial charge in [0.1, 0.15) is 5.75 Å². The van der Waals surface area contributed by atoms with Crippen LogP contribution in [0.4, 0.5) is 0 Å². The Morgan fingerprint density at radius 1 is 1.47 bits per heavy atom. The van der Waals surface area contributed by atoms with Crippen molar-refractivity contribution in [2.45, 2.75) is 13.3 Å². The molecule has 5 heteroatoms. The van der Waals surface area contributed by atoms with E-state index in [4.69, 9.17) is 10.5 Å². The normalized spacial score (nSPS) is 10.5. The molecule has 1 aromatic rings. The van der Waals surface area contributed by atoms with Gasteiger partial charge in [0.15, 0.2) is 5.96 Å². The van der Waals surface area contributed by atoms with Gasteiger partial charge in [-0.05, 0) is 31.0 Å². The Bertz CT molecular complexity index is 432. The van der Waals surface area contributed by atoms with Gasteiger partial charge in [-0.25, -0.2) is 4.99 Å². The molecule has 1 aromatic carbocycles. The number of rotatable bonds is 6. The van der Waals surface area contributed by atoms with Crippen molar-refractivity contribution in [2.75, 3.05) is 20.2 Å². The maximum atomic E-state index is 5.72. The van der Waals surface area contributed by atoms with Crippen LogP contribution >= 0.6 is 24.0 Å². The first-order valence-electron chi connectivity index (χ1n) is 5.93. The minimum absolute atomic E-state index is 0. The highest BCUT2D eigenvalue weighted by Crippen LogP contribution is 2.12. The van der Waals surface area contributed by atoms with Crippen molar-refractivity contribution in [3.8, 4) is 5.75 Å². The zero-order valence-electron chi connectivity index (χ0n) is 11.5. The summed E-state index contributed by atoms with van der Waals surface area (Å²) >= 11 is 0. The van der Waals surface area contributed by atoms with E-state index in [-0.39, 0.29) is 24.0 Å². The summed E-state index contributed by atoms with van der Waals surface area (Å²) in [5, 5.41) is 3.07. The summed E-state index contributed by atoms with van der Waals surface area (Å²) in [6, 6.07) is 7.99.